The fourth-order valence-electron chi connectivity index (χ4n) is 1.03. The Hall–Kier alpha value is -1.63. The highest BCUT2D eigenvalue weighted by atomic mass is 16.2. The maximum Gasteiger partial charge on any atom is 0.321 e. The third kappa shape index (κ3) is 2.44. The molecule has 1 unspecified atom stereocenters. The van der Waals surface area contributed by atoms with Gasteiger partial charge in [-0.25, -0.2) is 4.79 Å². The summed E-state index contributed by atoms with van der Waals surface area (Å²) >= 11 is 0. The largest absolute Gasteiger partial charge is 0.341 e. The van der Waals surface area contributed by atoms with E-state index in [-0.39, 0.29) is 18.4 Å². The number of carbonyl (C=O) groups excluding carboxylic acids is 2. The van der Waals surface area contributed by atoms with Crippen molar-refractivity contribution >= 4 is 17.9 Å². The lowest BCUT2D eigenvalue weighted by molar-refractivity contribution is -0.125. The molecule has 0 spiro atoms. The number of amides is 3. The minimum atomic E-state index is -0.714. The summed E-state index contributed by atoms with van der Waals surface area (Å²) in [6.07, 6.45) is 0. The molecule has 0 aromatic heterocycles. The van der Waals surface area contributed by atoms with Gasteiger partial charge < -0.3 is 10.6 Å². The van der Waals surface area contributed by atoms with Crippen LogP contribution in [0.3, 0.4) is 0 Å². The monoisotopic (exact) mass is 213 g/mol. The van der Waals surface area contributed by atoms with Gasteiger partial charge >= 0.3 is 6.03 Å². The van der Waals surface area contributed by atoms with Crippen LogP contribution in [-0.4, -0.2) is 44.1 Å². The fourth-order valence-corrected chi connectivity index (χ4v) is 1.03. The number of nitrogens with zero attached hydrogens (tertiary/aromatic N) is 1. The Morgan fingerprint density at radius 1 is 1.53 bits per heavy atom. The van der Waals surface area contributed by atoms with Gasteiger partial charge in [0, 0.05) is 7.05 Å². The smallest absolute Gasteiger partial charge is 0.321 e. The van der Waals surface area contributed by atoms with Crippen LogP contribution < -0.4 is 21.3 Å². The van der Waals surface area contributed by atoms with Crippen molar-refractivity contribution in [1.82, 2.24) is 21.3 Å². The van der Waals surface area contributed by atoms with Gasteiger partial charge in [-0.2, -0.15) is 0 Å². The molecule has 1 heterocycles. The summed E-state index contributed by atoms with van der Waals surface area (Å²) in [7, 11) is 3.17. The molecule has 7 nitrogen and oxygen atoms in total. The number of hydrogen-bond donors (Lipinski definition) is 4. The van der Waals surface area contributed by atoms with Gasteiger partial charge in [0.2, 0.25) is 11.9 Å². The highest BCUT2D eigenvalue weighted by molar-refractivity contribution is 6.08. The van der Waals surface area contributed by atoms with Gasteiger partial charge in [-0.3, -0.25) is 20.4 Å². The lowest BCUT2D eigenvalue weighted by Gasteiger charge is -2.30. The number of likely N-dealkylation sites (N-methyl/N-ethyl adjacent to an activating group) is 1. The van der Waals surface area contributed by atoms with Crippen LogP contribution in [0, 0.1) is 0 Å². The van der Waals surface area contributed by atoms with E-state index < -0.39 is 11.6 Å². The molecule has 1 rings (SSSR count). The predicted molar refractivity (Wildman–Crippen MR) is 55.5 cm³/mol. The number of hydrogen-bond acceptors (Lipinski definition) is 4. The average molecular weight is 213 g/mol. The van der Waals surface area contributed by atoms with Gasteiger partial charge in [-0.15, -0.1) is 0 Å². The van der Waals surface area contributed by atoms with Gasteiger partial charge in [-0.05, 0) is 14.0 Å². The number of guanidine groups is 1. The summed E-state index contributed by atoms with van der Waals surface area (Å²) in [5.41, 5.74) is -0.714. The van der Waals surface area contributed by atoms with Gasteiger partial charge in [0.25, 0.3) is 0 Å². The van der Waals surface area contributed by atoms with Crippen molar-refractivity contribution < 1.29 is 9.59 Å². The standard InChI is InChI=1S/C8H15N5O2/c1-8(10-3)4-11-6(12-5(8)14)13-7(15)9-2/h10H,4H2,1-3H3,(H3,9,11,12,13,14,15). The molecule has 1 aliphatic heterocycles. The Kier molecular flexibility index (Phi) is 3.25. The van der Waals surface area contributed by atoms with Crippen molar-refractivity contribution in [2.45, 2.75) is 12.5 Å². The topological polar surface area (TPSA) is 94.6 Å². The Morgan fingerprint density at radius 3 is 2.67 bits per heavy atom. The quantitative estimate of drug-likeness (QED) is 0.421. The van der Waals surface area contributed by atoms with Crippen LogP contribution in [0.1, 0.15) is 6.92 Å². The Morgan fingerprint density at radius 2 is 2.20 bits per heavy atom. The summed E-state index contributed by atoms with van der Waals surface area (Å²) in [4.78, 5) is 26.6. The molecule has 0 saturated heterocycles. The molecule has 0 fully saturated rings. The minimum Gasteiger partial charge on any atom is -0.341 e. The van der Waals surface area contributed by atoms with E-state index in [9.17, 15) is 9.59 Å². The summed E-state index contributed by atoms with van der Waals surface area (Å²) in [5.74, 6) is -0.0431. The number of aliphatic imine (C=N–C) groups is 1. The first-order valence-corrected chi connectivity index (χ1v) is 4.55. The average Bonchev–Trinajstić information content (AvgIpc) is 2.23. The van der Waals surface area contributed by atoms with Crippen molar-refractivity contribution in [3.8, 4) is 0 Å². The number of rotatable bonds is 1. The molecule has 84 valence electrons. The maximum absolute atomic E-state index is 11.6. The number of urea groups is 1. The van der Waals surface area contributed by atoms with Gasteiger partial charge in [0.05, 0.1) is 6.54 Å². The molecular formula is C8H15N5O2. The Labute approximate surface area is 87.7 Å². The molecule has 0 saturated carbocycles. The van der Waals surface area contributed by atoms with Crippen LogP contribution in [0.5, 0.6) is 0 Å². The van der Waals surface area contributed by atoms with Crippen molar-refractivity contribution in [2.24, 2.45) is 4.99 Å². The lowest BCUT2D eigenvalue weighted by atomic mass is 10.0. The highest BCUT2D eigenvalue weighted by Gasteiger charge is 2.35. The van der Waals surface area contributed by atoms with E-state index in [1.54, 1.807) is 14.0 Å². The second-order valence-electron chi connectivity index (χ2n) is 3.41. The predicted octanol–water partition coefficient (Wildman–Crippen LogP) is -1.62. The zero-order valence-corrected chi connectivity index (χ0v) is 8.97. The molecule has 0 aromatic rings. The normalized spacial score (nSPS) is 25.3. The molecule has 4 N–H and O–H groups in total. The van der Waals surface area contributed by atoms with Crippen molar-refractivity contribution in [3.05, 3.63) is 0 Å². The van der Waals surface area contributed by atoms with Crippen LogP contribution in [-0.2, 0) is 4.79 Å². The molecule has 3 amide bonds. The first-order chi connectivity index (χ1) is 7.01. The van der Waals surface area contributed by atoms with Crippen LogP contribution in [0.4, 0.5) is 4.79 Å². The minimum absolute atomic E-state index is 0.173. The summed E-state index contributed by atoms with van der Waals surface area (Å²) in [5, 5.41) is 10.1. The lowest BCUT2D eigenvalue weighted by Crippen LogP contribution is -2.63. The summed E-state index contributed by atoms with van der Waals surface area (Å²) in [6.45, 7) is 2.02. The van der Waals surface area contributed by atoms with Crippen LogP contribution in [0.2, 0.25) is 0 Å². The second-order valence-corrected chi connectivity index (χ2v) is 3.41. The molecule has 7 heteroatoms. The van der Waals surface area contributed by atoms with E-state index in [4.69, 9.17) is 0 Å². The molecule has 0 bridgehead atoms. The SMILES string of the molecule is CNC(=O)NC1=NCC(C)(NC)C(=O)N1. The van der Waals surface area contributed by atoms with Crippen molar-refractivity contribution in [1.29, 1.82) is 0 Å². The maximum atomic E-state index is 11.6. The number of carbonyl (C=O) groups is 2. The fraction of sp³-hybridized carbons (Fsp3) is 0.625. The van der Waals surface area contributed by atoms with E-state index in [2.05, 4.69) is 26.3 Å². The zero-order valence-electron chi connectivity index (χ0n) is 8.97. The van der Waals surface area contributed by atoms with E-state index >= 15 is 0 Å². The third-order valence-corrected chi connectivity index (χ3v) is 2.30. The van der Waals surface area contributed by atoms with Crippen LogP contribution in [0.25, 0.3) is 0 Å². The first-order valence-electron chi connectivity index (χ1n) is 4.55. The van der Waals surface area contributed by atoms with Crippen LogP contribution in [0.15, 0.2) is 4.99 Å². The van der Waals surface area contributed by atoms with E-state index in [1.807, 2.05) is 0 Å². The van der Waals surface area contributed by atoms with Crippen molar-refractivity contribution in [3.63, 3.8) is 0 Å². The highest BCUT2D eigenvalue weighted by Crippen LogP contribution is 2.07. The number of nitrogens with one attached hydrogen (secondary N) is 4. The first kappa shape index (κ1) is 11.4. The molecule has 1 atom stereocenters. The zero-order chi connectivity index (χ0) is 11.5. The van der Waals surface area contributed by atoms with E-state index in [0.29, 0.717) is 0 Å². The Balaban J connectivity index is 2.67. The molecule has 0 radical (unpaired) electrons. The van der Waals surface area contributed by atoms with Crippen LogP contribution >= 0.6 is 0 Å². The van der Waals surface area contributed by atoms with Gasteiger partial charge in [0.15, 0.2) is 0 Å². The second kappa shape index (κ2) is 4.26. The van der Waals surface area contributed by atoms with Crippen molar-refractivity contribution in [2.75, 3.05) is 20.6 Å². The summed E-state index contributed by atoms with van der Waals surface area (Å²) < 4.78 is 0. The molecule has 1 aliphatic rings. The molecular weight excluding hydrogens is 198 g/mol. The molecule has 0 aliphatic carbocycles. The summed E-state index contributed by atoms with van der Waals surface area (Å²) in [6, 6.07) is -0.415. The third-order valence-electron chi connectivity index (χ3n) is 2.30. The molecule has 0 aromatic carbocycles. The Bertz CT molecular complexity index is 314. The molecule has 15 heavy (non-hydrogen) atoms. The van der Waals surface area contributed by atoms with E-state index in [0.717, 1.165) is 0 Å². The van der Waals surface area contributed by atoms with E-state index in [1.165, 1.54) is 7.05 Å². The van der Waals surface area contributed by atoms with Gasteiger partial charge in [0.1, 0.15) is 5.54 Å². The van der Waals surface area contributed by atoms with Gasteiger partial charge in [-0.1, -0.05) is 0 Å².